The Labute approximate surface area is 144 Å². The number of hydrogen-bond acceptors (Lipinski definition) is 3. The van der Waals surface area contributed by atoms with Crippen molar-refractivity contribution in [2.75, 3.05) is 18.9 Å². The molecule has 1 amide bonds. The summed E-state index contributed by atoms with van der Waals surface area (Å²) >= 11 is 0. The molecule has 0 radical (unpaired) electrons. The van der Waals surface area contributed by atoms with Crippen LogP contribution in [-0.4, -0.2) is 19.1 Å². The van der Waals surface area contributed by atoms with E-state index in [9.17, 15) is 4.79 Å². The third kappa shape index (κ3) is 6.32. The number of nitrogens with one attached hydrogen (secondary N) is 1. The van der Waals surface area contributed by atoms with Crippen LogP contribution in [0.1, 0.15) is 25.0 Å². The molecular weight excluding hydrogens is 300 g/mol. The fourth-order valence-corrected chi connectivity index (χ4v) is 2.24. The third-order valence-electron chi connectivity index (χ3n) is 3.59. The maximum Gasteiger partial charge on any atom is 0.224 e. The lowest BCUT2D eigenvalue weighted by Gasteiger charge is -2.09. The summed E-state index contributed by atoms with van der Waals surface area (Å²) in [4.78, 5) is 11.9. The van der Waals surface area contributed by atoms with Gasteiger partial charge >= 0.3 is 0 Å². The predicted molar refractivity (Wildman–Crippen MR) is 98.0 cm³/mol. The molecule has 3 N–H and O–H groups in total. The molecule has 128 valence electrons. The number of nitrogen functional groups attached to an aromatic ring is 1. The highest BCUT2D eigenvalue weighted by Gasteiger charge is 2.03. The Morgan fingerprint density at radius 1 is 1.04 bits per heavy atom. The van der Waals surface area contributed by atoms with Gasteiger partial charge in [-0.1, -0.05) is 38.1 Å². The molecule has 0 atom stereocenters. The van der Waals surface area contributed by atoms with Crippen molar-refractivity contribution in [2.45, 2.75) is 26.7 Å². The van der Waals surface area contributed by atoms with Crippen molar-refractivity contribution in [1.82, 2.24) is 5.32 Å². The highest BCUT2D eigenvalue weighted by molar-refractivity contribution is 5.78. The Morgan fingerprint density at radius 2 is 1.67 bits per heavy atom. The molecule has 4 heteroatoms. The molecule has 0 heterocycles. The zero-order valence-electron chi connectivity index (χ0n) is 14.4. The van der Waals surface area contributed by atoms with Crippen LogP contribution in [0.3, 0.4) is 0 Å². The number of nitrogens with two attached hydrogens (primary N) is 1. The van der Waals surface area contributed by atoms with Gasteiger partial charge in [0.1, 0.15) is 5.75 Å². The van der Waals surface area contributed by atoms with Gasteiger partial charge in [-0.3, -0.25) is 4.79 Å². The maximum atomic E-state index is 11.9. The number of carbonyl (C=O) groups is 1. The summed E-state index contributed by atoms with van der Waals surface area (Å²) in [5.74, 6) is 1.43. The number of amides is 1. The van der Waals surface area contributed by atoms with Gasteiger partial charge < -0.3 is 15.8 Å². The molecular formula is C20H26N2O2. The monoisotopic (exact) mass is 326 g/mol. The van der Waals surface area contributed by atoms with E-state index >= 15 is 0 Å². The van der Waals surface area contributed by atoms with E-state index in [1.54, 1.807) is 0 Å². The zero-order chi connectivity index (χ0) is 17.4. The zero-order valence-corrected chi connectivity index (χ0v) is 14.4. The second-order valence-corrected chi connectivity index (χ2v) is 6.37. The van der Waals surface area contributed by atoms with Crippen molar-refractivity contribution in [3.63, 3.8) is 0 Å². The maximum absolute atomic E-state index is 11.9. The minimum absolute atomic E-state index is 0.0247. The summed E-state index contributed by atoms with van der Waals surface area (Å²) in [6.07, 6.45) is 1.18. The minimum Gasteiger partial charge on any atom is -0.493 e. The van der Waals surface area contributed by atoms with Crippen LogP contribution in [0.5, 0.6) is 5.75 Å². The fourth-order valence-electron chi connectivity index (χ4n) is 2.24. The first-order chi connectivity index (χ1) is 11.5. The molecule has 4 nitrogen and oxygen atoms in total. The summed E-state index contributed by atoms with van der Waals surface area (Å²) in [5, 5.41) is 2.95. The Kier molecular flexibility index (Phi) is 6.67. The number of rotatable bonds is 8. The van der Waals surface area contributed by atoms with Crippen molar-refractivity contribution in [2.24, 2.45) is 5.92 Å². The average molecular weight is 326 g/mol. The van der Waals surface area contributed by atoms with Gasteiger partial charge in [0.15, 0.2) is 0 Å². The van der Waals surface area contributed by atoms with Gasteiger partial charge in [-0.2, -0.15) is 0 Å². The first-order valence-corrected chi connectivity index (χ1v) is 8.36. The van der Waals surface area contributed by atoms with Crippen LogP contribution in [-0.2, 0) is 17.6 Å². The average Bonchev–Trinajstić information content (AvgIpc) is 2.56. The van der Waals surface area contributed by atoms with E-state index in [-0.39, 0.29) is 5.91 Å². The number of anilines is 1. The normalized spacial score (nSPS) is 10.6. The molecule has 0 aliphatic carbocycles. The smallest absolute Gasteiger partial charge is 0.224 e. The molecule has 0 bridgehead atoms. The van der Waals surface area contributed by atoms with Crippen molar-refractivity contribution in [1.29, 1.82) is 0 Å². The van der Waals surface area contributed by atoms with Gasteiger partial charge in [0.05, 0.1) is 13.0 Å². The van der Waals surface area contributed by atoms with E-state index in [1.807, 2.05) is 48.5 Å². The largest absolute Gasteiger partial charge is 0.493 e. The van der Waals surface area contributed by atoms with Crippen molar-refractivity contribution >= 4 is 11.6 Å². The van der Waals surface area contributed by atoms with Gasteiger partial charge in [-0.25, -0.2) is 0 Å². The second-order valence-electron chi connectivity index (χ2n) is 6.37. The lowest BCUT2D eigenvalue weighted by Crippen LogP contribution is -2.27. The summed E-state index contributed by atoms with van der Waals surface area (Å²) < 4.78 is 5.66. The molecule has 0 saturated heterocycles. The Balaban J connectivity index is 1.71. The first-order valence-electron chi connectivity index (χ1n) is 8.36. The van der Waals surface area contributed by atoms with E-state index < -0.39 is 0 Å². The highest BCUT2D eigenvalue weighted by atomic mass is 16.5. The van der Waals surface area contributed by atoms with Gasteiger partial charge in [0.2, 0.25) is 5.91 Å². The van der Waals surface area contributed by atoms with Crippen LogP contribution < -0.4 is 15.8 Å². The number of benzene rings is 2. The van der Waals surface area contributed by atoms with Gasteiger partial charge in [0, 0.05) is 12.2 Å². The highest BCUT2D eigenvalue weighted by Crippen LogP contribution is 2.13. The molecule has 0 fully saturated rings. The predicted octanol–water partition coefficient (Wildman–Crippen LogP) is 3.21. The third-order valence-corrected chi connectivity index (χ3v) is 3.59. The summed E-state index contributed by atoms with van der Waals surface area (Å²) in [5.41, 5.74) is 8.49. The molecule has 2 aromatic carbocycles. The molecule has 0 aliphatic rings. The van der Waals surface area contributed by atoms with Crippen molar-refractivity contribution in [3.05, 3.63) is 59.7 Å². The van der Waals surface area contributed by atoms with Crippen LogP contribution in [0.4, 0.5) is 5.69 Å². The van der Waals surface area contributed by atoms with Gasteiger partial charge in [-0.05, 0) is 47.7 Å². The van der Waals surface area contributed by atoms with E-state index in [0.717, 1.165) is 24.3 Å². The second kappa shape index (κ2) is 8.96. The van der Waals surface area contributed by atoms with Crippen LogP contribution in [0.15, 0.2) is 48.5 Å². The molecule has 0 saturated carbocycles. The quantitative estimate of drug-likeness (QED) is 0.732. The van der Waals surface area contributed by atoms with E-state index in [1.165, 1.54) is 5.56 Å². The topological polar surface area (TPSA) is 64.3 Å². The van der Waals surface area contributed by atoms with E-state index in [2.05, 4.69) is 19.2 Å². The number of hydrogen-bond donors (Lipinski definition) is 2. The summed E-state index contributed by atoms with van der Waals surface area (Å²) in [7, 11) is 0. The lowest BCUT2D eigenvalue weighted by atomic mass is 10.1. The number of carbonyl (C=O) groups excluding carboxylic acids is 1. The van der Waals surface area contributed by atoms with Crippen molar-refractivity contribution in [3.8, 4) is 5.75 Å². The number of ether oxygens (including phenoxy) is 1. The Bertz CT molecular complexity index is 634. The minimum atomic E-state index is 0.0247. The van der Waals surface area contributed by atoms with Gasteiger partial charge in [0.25, 0.3) is 0 Å². The van der Waals surface area contributed by atoms with Crippen LogP contribution in [0.2, 0.25) is 0 Å². The van der Waals surface area contributed by atoms with Gasteiger partial charge in [-0.15, -0.1) is 0 Å². The summed E-state index contributed by atoms with van der Waals surface area (Å²) in [6.45, 7) is 5.60. The Hall–Kier alpha value is -2.49. The molecule has 0 aromatic heterocycles. The van der Waals surface area contributed by atoms with Crippen molar-refractivity contribution < 1.29 is 9.53 Å². The molecule has 0 unspecified atom stereocenters. The van der Waals surface area contributed by atoms with Crippen LogP contribution in [0.25, 0.3) is 0 Å². The Morgan fingerprint density at radius 3 is 2.29 bits per heavy atom. The summed E-state index contributed by atoms with van der Waals surface area (Å²) in [6, 6.07) is 15.4. The molecule has 24 heavy (non-hydrogen) atoms. The lowest BCUT2D eigenvalue weighted by molar-refractivity contribution is -0.120. The molecule has 0 aliphatic heterocycles. The molecule has 2 rings (SSSR count). The molecule has 0 spiro atoms. The fraction of sp³-hybridized carbons (Fsp3) is 0.350. The standard InChI is InChI=1S/C20H26N2O2/c1-15(2)14-24-19-9-5-16(6-10-19)11-12-22-20(23)13-17-3-7-18(21)8-4-17/h3-10,15H,11-14,21H2,1-2H3,(H,22,23). The van der Waals surface area contributed by atoms with Crippen LogP contribution in [0, 0.1) is 5.92 Å². The van der Waals surface area contributed by atoms with E-state index in [4.69, 9.17) is 10.5 Å². The van der Waals surface area contributed by atoms with E-state index in [0.29, 0.717) is 24.6 Å². The van der Waals surface area contributed by atoms with Crippen LogP contribution >= 0.6 is 0 Å². The SMILES string of the molecule is CC(C)COc1ccc(CCNC(=O)Cc2ccc(N)cc2)cc1. The first kappa shape index (κ1) is 17.9. The molecule has 2 aromatic rings.